The largest absolute Gasteiger partial charge is 0.359 e. The van der Waals surface area contributed by atoms with Gasteiger partial charge < -0.3 is 21.2 Å². The van der Waals surface area contributed by atoms with Crippen LogP contribution in [0.4, 0.5) is 5.82 Å². The summed E-state index contributed by atoms with van der Waals surface area (Å²) in [4.78, 5) is 13.8. The van der Waals surface area contributed by atoms with Gasteiger partial charge in [0.15, 0.2) is 0 Å². The molecule has 3 atom stereocenters. The second-order valence-corrected chi connectivity index (χ2v) is 6.04. The maximum absolute atomic E-state index is 12.0. The van der Waals surface area contributed by atoms with Crippen LogP contribution in [0.1, 0.15) is 42.6 Å². The van der Waals surface area contributed by atoms with Gasteiger partial charge in [0, 0.05) is 12.5 Å². The van der Waals surface area contributed by atoms with E-state index in [0.29, 0.717) is 18.5 Å². The van der Waals surface area contributed by atoms with Crippen LogP contribution in [0.2, 0.25) is 0 Å². The van der Waals surface area contributed by atoms with Crippen LogP contribution in [0.25, 0.3) is 0 Å². The lowest BCUT2D eigenvalue weighted by Gasteiger charge is -2.41. The van der Waals surface area contributed by atoms with Crippen LogP contribution < -0.4 is 20.9 Å². The second-order valence-electron chi connectivity index (χ2n) is 6.04. The average Bonchev–Trinajstić information content (AvgIpc) is 2.84. The van der Waals surface area contributed by atoms with Gasteiger partial charge in [-0.15, -0.1) is 0 Å². The van der Waals surface area contributed by atoms with Gasteiger partial charge in [-0.3, -0.25) is 9.42 Å². The zero-order valence-electron chi connectivity index (χ0n) is 12.0. The van der Waals surface area contributed by atoms with E-state index in [1.165, 1.54) is 38.8 Å². The van der Waals surface area contributed by atoms with Crippen LogP contribution >= 0.6 is 0 Å². The number of quaternary nitrogens is 1. The molecule has 2 aliphatic rings. The summed E-state index contributed by atoms with van der Waals surface area (Å²) in [5, 5.41) is 17.4. The quantitative estimate of drug-likeness (QED) is 0.586. The minimum absolute atomic E-state index is 0.0592. The summed E-state index contributed by atoms with van der Waals surface area (Å²) in [5.74, 6) is -0.207. The topological polar surface area (TPSA) is 113 Å². The van der Waals surface area contributed by atoms with Gasteiger partial charge in [-0.25, -0.2) is 0 Å². The standard InChI is InChI=1S/C13H21N5O3/c14-12-11(18(20)21-16-12)13(19)15-8-9-4-3-7-17-6-2-1-5-10(9)17/h9-10H,1-8H2,(H2,14,16)(H,15,19)/p+1/t9-,10+/m1/s1. The number of hydrogen-bond donors (Lipinski definition) is 3. The average molecular weight is 296 g/mol. The Kier molecular flexibility index (Phi) is 3.96. The summed E-state index contributed by atoms with van der Waals surface area (Å²) in [6.07, 6.45) is 6.14. The molecule has 2 aliphatic heterocycles. The molecule has 4 N–H and O–H groups in total. The maximum atomic E-state index is 12.0. The molecule has 2 fully saturated rings. The number of piperidine rings is 2. The molecule has 0 radical (unpaired) electrons. The highest BCUT2D eigenvalue weighted by molar-refractivity contribution is 5.94. The number of nitrogens with two attached hydrogens (primary N) is 1. The van der Waals surface area contributed by atoms with E-state index < -0.39 is 5.91 Å². The molecule has 8 nitrogen and oxygen atoms in total. The highest BCUT2D eigenvalue weighted by atomic mass is 16.8. The van der Waals surface area contributed by atoms with E-state index in [4.69, 9.17) is 5.73 Å². The molecular formula is C13H22N5O3+. The summed E-state index contributed by atoms with van der Waals surface area (Å²) >= 11 is 0. The number of fused-ring (bicyclic) bond motifs is 1. The number of amides is 1. The Balaban J connectivity index is 1.60. The number of anilines is 1. The lowest BCUT2D eigenvalue weighted by atomic mass is 9.83. The molecule has 0 aromatic carbocycles. The van der Waals surface area contributed by atoms with Crippen LogP contribution in [0.5, 0.6) is 0 Å². The number of nitrogen functional groups attached to an aromatic ring is 1. The predicted molar refractivity (Wildman–Crippen MR) is 73.3 cm³/mol. The number of rotatable bonds is 3. The minimum atomic E-state index is -0.508. The van der Waals surface area contributed by atoms with Crippen molar-refractivity contribution < 1.29 is 19.2 Å². The Labute approximate surface area is 122 Å². The normalized spacial score (nSPS) is 28.9. The molecule has 8 heteroatoms. The van der Waals surface area contributed by atoms with Gasteiger partial charge in [0.05, 0.1) is 24.3 Å². The number of nitrogens with zero attached hydrogens (tertiary/aromatic N) is 2. The molecular weight excluding hydrogens is 274 g/mol. The molecule has 0 aliphatic carbocycles. The molecule has 0 spiro atoms. The first kappa shape index (κ1) is 14.1. The summed E-state index contributed by atoms with van der Waals surface area (Å²) in [7, 11) is 0. The molecule has 21 heavy (non-hydrogen) atoms. The van der Waals surface area contributed by atoms with Gasteiger partial charge in [0.1, 0.15) is 0 Å². The first-order valence-electron chi connectivity index (χ1n) is 7.65. The van der Waals surface area contributed by atoms with E-state index in [-0.39, 0.29) is 16.4 Å². The fourth-order valence-corrected chi connectivity index (χ4v) is 3.79. The Hall–Kier alpha value is -1.83. The first-order chi connectivity index (χ1) is 10.2. The van der Waals surface area contributed by atoms with Crippen LogP contribution in [0, 0.1) is 11.1 Å². The molecule has 1 aromatic heterocycles. The number of nitrogens with one attached hydrogen (secondary N) is 2. The fourth-order valence-electron chi connectivity index (χ4n) is 3.79. The molecule has 3 rings (SSSR count). The molecule has 2 saturated heterocycles. The van der Waals surface area contributed by atoms with Crippen LogP contribution in [-0.4, -0.2) is 36.7 Å². The van der Waals surface area contributed by atoms with Crippen molar-refractivity contribution in [2.24, 2.45) is 5.92 Å². The van der Waals surface area contributed by atoms with E-state index in [1.54, 1.807) is 4.90 Å². The molecule has 1 unspecified atom stereocenters. The zero-order chi connectivity index (χ0) is 14.8. The number of carbonyl (C=O) groups excluding carboxylic acids is 1. The van der Waals surface area contributed by atoms with E-state index in [2.05, 4.69) is 15.1 Å². The molecule has 1 amide bonds. The summed E-state index contributed by atoms with van der Waals surface area (Å²) in [5.41, 5.74) is 5.22. The van der Waals surface area contributed by atoms with Crippen LogP contribution in [0.15, 0.2) is 4.63 Å². The van der Waals surface area contributed by atoms with Crippen molar-refractivity contribution in [3.8, 4) is 0 Å². The SMILES string of the molecule is Nc1no[n+]([O-])c1C(=O)NC[C@H]1CCC[NH+]2CCCC[C@@H]12. The maximum Gasteiger partial charge on any atom is 0.318 e. The summed E-state index contributed by atoms with van der Waals surface area (Å²) in [6, 6.07) is 0.631. The lowest BCUT2D eigenvalue weighted by Crippen LogP contribution is -3.18. The third-order valence-electron chi connectivity index (χ3n) is 4.81. The van der Waals surface area contributed by atoms with Gasteiger partial charge in [-0.05, 0) is 37.0 Å². The molecule has 0 saturated carbocycles. The number of carbonyl (C=O) groups is 1. The Bertz CT molecular complexity index is 496. The van der Waals surface area contributed by atoms with Crippen LogP contribution in [-0.2, 0) is 0 Å². The summed E-state index contributed by atoms with van der Waals surface area (Å²) < 4.78 is 4.32. The van der Waals surface area contributed by atoms with Crippen LogP contribution in [0.3, 0.4) is 0 Å². The predicted octanol–water partition coefficient (Wildman–Crippen LogP) is -1.53. The second kappa shape index (κ2) is 5.88. The highest BCUT2D eigenvalue weighted by Crippen LogP contribution is 2.19. The van der Waals surface area contributed by atoms with E-state index in [1.807, 2.05) is 0 Å². The van der Waals surface area contributed by atoms with Crippen molar-refractivity contribution in [3.63, 3.8) is 0 Å². The Morgan fingerprint density at radius 1 is 1.43 bits per heavy atom. The fraction of sp³-hybridized carbons (Fsp3) is 0.769. The van der Waals surface area contributed by atoms with Crippen molar-refractivity contribution in [1.29, 1.82) is 0 Å². The van der Waals surface area contributed by atoms with Crippen molar-refractivity contribution in [1.82, 2.24) is 10.5 Å². The smallest absolute Gasteiger partial charge is 0.318 e. The van der Waals surface area contributed by atoms with E-state index >= 15 is 0 Å². The molecule has 1 aromatic rings. The van der Waals surface area contributed by atoms with Gasteiger partial charge in [0.25, 0.3) is 0 Å². The van der Waals surface area contributed by atoms with Crippen molar-refractivity contribution in [3.05, 3.63) is 10.9 Å². The molecule has 116 valence electrons. The van der Waals surface area contributed by atoms with Crippen molar-refractivity contribution >= 4 is 11.7 Å². The highest BCUT2D eigenvalue weighted by Gasteiger charge is 2.37. The first-order valence-corrected chi connectivity index (χ1v) is 7.65. The van der Waals surface area contributed by atoms with Crippen molar-refractivity contribution in [2.75, 3.05) is 25.4 Å². The van der Waals surface area contributed by atoms with Gasteiger partial charge in [-0.2, -0.15) is 0 Å². The Morgan fingerprint density at radius 2 is 2.24 bits per heavy atom. The van der Waals surface area contributed by atoms with Crippen molar-refractivity contribution in [2.45, 2.75) is 38.1 Å². The zero-order valence-corrected chi connectivity index (χ0v) is 12.0. The number of hydrogen-bond acceptors (Lipinski definition) is 5. The molecule has 0 bridgehead atoms. The summed E-state index contributed by atoms with van der Waals surface area (Å²) in [6.45, 7) is 3.07. The Morgan fingerprint density at radius 3 is 3.00 bits per heavy atom. The minimum Gasteiger partial charge on any atom is -0.359 e. The third-order valence-corrected chi connectivity index (χ3v) is 4.81. The van der Waals surface area contributed by atoms with Gasteiger partial charge in [0.2, 0.25) is 0 Å². The third kappa shape index (κ3) is 2.80. The van der Waals surface area contributed by atoms with E-state index in [9.17, 15) is 10.0 Å². The number of aromatic nitrogens is 2. The lowest BCUT2D eigenvalue weighted by molar-refractivity contribution is -0.939. The monoisotopic (exact) mass is 296 g/mol. The van der Waals surface area contributed by atoms with Gasteiger partial charge in [-0.1, -0.05) is 0 Å². The van der Waals surface area contributed by atoms with E-state index in [0.717, 1.165) is 6.42 Å². The molecule has 3 heterocycles. The van der Waals surface area contributed by atoms with Gasteiger partial charge >= 0.3 is 17.4 Å².